The Hall–Kier alpha value is -2.63. The Kier molecular flexibility index (Phi) is 3.68. The minimum absolute atomic E-state index is 0.249. The van der Waals surface area contributed by atoms with Crippen LogP contribution in [0.1, 0.15) is 19.8 Å². The van der Waals surface area contributed by atoms with Gasteiger partial charge in [0.25, 0.3) is 0 Å². The summed E-state index contributed by atoms with van der Waals surface area (Å²) in [6, 6.07) is 10.2. The maximum Gasteiger partial charge on any atom is 0.224 e. The molecule has 0 saturated heterocycles. The number of nitrogen functional groups attached to an aromatic ring is 1. The predicted octanol–water partition coefficient (Wildman–Crippen LogP) is 2.87. The van der Waals surface area contributed by atoms with Crippen LogP contribution in [-0.2, 0) is 0 Å². The van der Waals surface area contributed by atoms with Gasteiger partial charge in [-0.1, -0.05) is 31.5 Å². The highest BCUT2D eigenvalue weighted by molar-refractivity contribution is 5.89. The number of aromatic nitrogens is 4. The van der Waals surface area contributed by atoms with Gasteiger partial charge in [0.15, 0.2) is 5.65 Å². The molecular formula is C15H18N6. The van der Waals surface area contributed by atoms with Crippen molar-refractivity contribution in [2.75, 3.05) is 17.2 Å². The van der Waals surface area contributed by atoms with E-state index in [4.69, 9.17) is 5.73 Å². The third kappa shape index (κ3) is 2.65. The summed E-state index contributed by atoms with van der Waals surface area (Å²) >= 11 is 0. The lowest BCUT2D eigenvalue weighted by Crippen LogP contribution is -2.20. The number of nitrogens with two attached hydrogens (primary N) is 1. The molecule has 1 aromatic carbocycles. The molecule has 6 heteroatoms. The number of benzene rings is 1. The van der Waals surface area contributed by atoms with Gasteiger partial charge in [-0.2, -0.15) is 15.1 Å². The highest BCUT2D eigenvalue weighted by atomic mass is 15.2. The van der Waals surface area contributed by atoms with Crippen molar-refractivity contribution in [1.82, 2.24) is 20.2 Å². The molecule has 0 aliphatic rings. The van der Waals surface area contributed by atoms with Gasteiger partial charge in [-0.15, -0.1) is 0 Å². The second-order valence-electron chi connectivity index (χ2n) is 4.88. The fourth-order valence-electron chi connectivity index (χ4n) is 2.32. The molecule has 0 unspecified atom stereocenters. The van der Waals surface area contributed by atoms with Crippen LogP contribution in [0.4, 0.5) is 17.5 Å². The first-order valence-corrected chi connectivity index (χ1v) is 7.08. The van der Waals surface area contributed by atoms with E-state index in [9.17, 15) is 0 Å². The normalized spacial score (nSPS) is 10.9. The first kappa shape index (κ1) is 13.4. The molecule has 0 amide bonds. The third-order valence-corrected chi connectivity index (χ3v) is 3.37. The summed E-state index contributed by atoms with van der Waals surface area (Å²) < 4.78 is 0. The fourth-order valence-corrected chi connectivity index (χ4v) is 2.32. The Labute approximate surface area is 123 Å². The monoisotopic (exact) mass is 282 g/mol. The predicted molar refractivity (Wildman–Crippen MR) is 84.5 cm³/mol. The quantitative estimate of drug-likeness (QED) is 0.751. The van der Waals surface area contributed by atoms with Gasteiger partial charge >= 0.3 is 0 Å². The van der Waals surface area contributed by atoms with Gasteiger partial charge < -0.3 is 10.6 Å². The van der Waals surface area contributed by atoms with Gasteiger partial charge in [-0.05, 0) is 18.6 Å². The summed E-state index contributed by atoms with van der Waals surface area (Å²) in [6.07, 6.45) is 3.92. The van der Waals surface area contributed by atoms with Crippen LogP contribution in [0.2, 0.25) is 0 Å². The second kappa shape index (κ2) is 5.78. The molecule has 0 spiro atoms. The van der Waals surface area contributed by atoms with Crippen LogP contribution in [0.5, 0.6) is 0 Å². The molecule has 2 heterocycles. The van der Waals surface area contributed by atoms with Crippen LogP contribution in [0.3, 0.4) is 0 Å². The molecule has 3 rings (SSSR count). The summed E-state index contributed by atoms with van der Waals surface area (Å²) in [6.45, 7) is 3.04. The largest absolute Gasteiger partial charge is 0.368 e. The average Bonchev–Trinajstić information content (AvgIpc) is 2.96. The lowest BCUT2D eigenvalue weighted by atomic mass is 10.2. The van der Waals surface area contributed by atoms with Gasteiger partial charge in [-0.3, -0.25) is 5.10 Å². The van der Waals surface area contributed by atoms with Crippen molar-refractivity contribution in [3.8, 4) is 0 Å². The highest BCUT2D eigenvalue weighted by Crippen LogP contribution is 2.29. The Balaban J connectivity index is 2.12. The maximum absolute atomic E-state index is 5.83. The van der Waals surface area contributed by atoms with Crippen LogP contribution >= 0.6 is 0 Å². The topological polar surface area (TPSA) is 83.7 Å². The molecule has 0 radical (unpaired) electrons. The van der Waals surface area contributed by atoms with Crippen LogP contribution in [-0.4, -0.2) is 26.7 Å². The molecule has 21 heavy (non-hydrogen) atoms. The minimum atomic E-state index is 0.249. The Morgan fingerprint density at radius 2 is 2.00 bits per heavy atom. The molecule has 2 aromatic heterocycles. The second-order valence-corrected chi connectivity index (χ2v) is 4.88. The number of rotatable bonds is 5. The first-order chi connectivity index (χ1) is 10.3. The molecule has 6 nitrogen and oxygen atoms in total. The number of fused-ring (bicyclic) bond motifs is 1. The first-order valence-electron chi connectivity index (χ1n) is 7.08. The number of nitrogens with one attached hydrogen (secondary N) is 1. The number of aromatic amines is 1. The van der Waals surface area contributed by atoms with E-state index in [1.807, 2.05) is 18.2 Å². The Bertz CT molecular complexity index is 721. The molecule has 0 saturated carbocycles. The van der Waals surface area contributed by atoms with Crippen LogP contribution in [0, 0.1) is 0 Å². The van der Waals surface area contributed by atoms with E-state index in [0.29, 0.717) is 5.65 Å². The van der Waals surface area contributed by atoms with Crippen molar-refractivity contribution in [3.63, 3.8) is 0 Å². The van der Waals surface area contributed by atoms with Crippen molar-refractivity contribution >= 4 is 28.5 Å². The lowest BCUT2D eigenvalue weighted by Gasteiger charge is -2.24. The van der Waals surface area contributed by atoms with Gasteiger partial charge in [0.2, 0.25) is 5.95 Å². The zero-order valence-electron chi connectivity index (χ0n) is 12.0. The maximum atomic E-state index is 5.83. The summed E-state index contributed by atoms with van der Waals surface area (Å²) in [5.74, 6) is 1.05. The highest BCUT2D eigenvalue weighted by Gasteiger charge is 2.16. The van der Waals surface area contributed by atoms with E-state index < -0.39 is 0 Å². The Morgan fingerprint density at radius 1 is 1.19 bits per heavy atom. The van der Waals surface area contributed by atoms with E-state index in [0.717, 1.165) is 36.3 Å². The molecule has 0 aliphatic heterocycles. The summed E-state index contributed by atoms with van der Waals surface area (Å²) in [7, 11) is 0. The van der Waals surface area contributed by atoms with Crippen molar-refractivity contribution in [3.05, 3.63) is 36.5 Å². The number of nitrogens with zero attached hydrogens (tertiary/aromatic N) is 4. The number of unbranched alkanes of at least 4 members (excludes halogenated alkanes) is 1. The summed E-state index contributed by atoms with van der Waals surface area (Å²) in [4.78, 5) is 10.8. The van der Waals surface area contributed by atoms with E-state index in [1.54, 1.807) is 6.20 Å². The molecule has 0 aliphatic carbocycles. The van der Waals surface area contributed by atoms with Gasteiger partial charge in [0.05, 0.1) is 11.6 Å². The number of para-hydroxylation sites is 1. The number of H-pyrrole nitrogens is 1. The zero-order chi connectivity index (χ0) is 14.7. The molecule has 3 N–H and O–H groups in total. The van der Waals surface area contributed by atoms with Crippen molar-refractivity contribution in [2.24, 2.45) is 0 Å². The Morgan fingerprint density at radius 3 is 2.76 bits per heavy atom. The van der Waals surface area contributed by atoms with Crippen molar-refractivity contribution < 1.29 is 0 Å². The third-order valence-electron chi connectivity index (χ3n) is 3.37. The number of hydrogen-bond donors (Lipinski definition) is 2. The van der Waals surface area contributed by atoms with E-state index in [2.05, 4.69) is 44.1 Å². The van der Waals surface area contributed by atoms with Gasteiger partial charge in [0, 0.05) is 12.2 Å². The molecular weight excluding hydrogens is 264 g/mol. The van der Waals surface area contributed by atoms with Crippen molar-refractivity contribution in [2.45, 2.75) is 19.8 Å². The van der Waals surface area contributed by atoms with Gasteiger partial charge in [-0.25, -0.2) is 0 Å². The van der Waals surface area contributed by atoms with Crippen LogP contribution in [0.15, 0.2) is 36.5 Å². The average molecular weight is 282 g/mol. The molecule has 0 bridgehead atoms. The smallest absolute Gasteiger partial charge is 0.224 e. The number of hydrogen-bond acceptors (Lipinski definition) is 5. The van der Waals surface area contributed by atoms with E-state index in [-0.39, 0.29) is 5.95 Å². The molecule has 108 valence electrons. The fraction of sp³-hybridized carbons (Fsp3) is 0.267. The standard InChI is InChI=1S/C15H18N6/c1-2-3-9-21(11-7-5-4-6-8-11)14-12-10-17-20-13(12)18-15(16)19-14/h4-8,10H,2-3,9H2,1H3,(H3,16,17,18,19,20). The molecule has 0 atom stereocenters. The molecule has 3 aromatic rings. The SMILES string of the molecule is CCCCN(c1ccccc1)c1nc(N)nc2[nH]ncc12. The molecule has 0 fully saturated rings. The zero-order valence-corrected chi connectivity index (χ0v) is 12.0. The van der Waals surface area contributed by atoms with E-state index >= 15 is 0 Å². The summed E-state index contributed by atoms with van der Waals surface area (Å²) in [5, 5.41) is 7.78. The number of anilines is 3. The van der Waals surface area contributed by atoms with Gasteiger partial charge in [0.1, 0.15) is 5.82 Å². The summed E-state index contributed by atoms with van der Waals surface area (Å²) in [5.41, 5.74) is 7.58. The lowest BCUT2D eigenvalue weighted by molar-refractivity contribution is 0.781. The van der Waals surface area contributed by atoms with Crippen molar-refractivity contribution in [1.29, 1.82) is 0 Å². The van der Waals surface area contributed by atoms with E-state index in [1.165, 1.54) is 0 Å². The van der Waals surface area contributed by atoms with Crippen LogP contribution in [0.25, 0.3) is 11.0 Å². The van der Waals surface area contributed by atoms with Crippen LogP contribution < -0.4 is 10.6 Å². The minimum Gasteiger partial charge on any atom is -0.368 e.